The molecule has 3 atom stereocenters. The number of aromatic nitrogens is 1. The zero-order valence-corrected chi connectivity index (χ0v) is 14.5. The predicted octanol–water partition coefficient (Wildman–Crippen LogP) is 4.23. The van der Waals surface area contributed by atoms with E-state index >= 15 is 0 Å². The second kappa shape index (κ2) is 6.40. The molecule has 1 saturated heterocycles. The van der Waals surface area contributed by atoms with Crippen LogP contribution in [0.4, 0.5) is 4.79 Å². The van der Waals surface area contributed by atoms with E-state index in [-0.39, 0.29) is 18.1 Å². The molecule has 1 aromatic heterocycles. The number of carbonyl (C=O) groups excluding carboxylic acids is 1. The van der Waals surface area contributed by atoms with Gasteiger partial charge in [0.2, 0.25) is 0 Å². The van der Waals surface area contributed by atoms with Gasteiger partial charge < -0.3 is 10.2 Å². The zero-order valence-electron chi connectivity index (χ0n) is 13.7. The monoisotopic (exact) mass is 339 g/mol. The van der Waals surface area contributed by atoms with Gasteiger partial charge in [-0.3, -0.25) is 0 Å². The maximum Gasteiger partial charge on any atom is 0.318 e. The first-order valence-corrected chi connectivity index (χ1v) is 9.34. The average molecular weight is 339 g/mol. The summed E-state index contributed by atoms with van der Waals surface area (Å²) in [6, 6.07) is 11.0. The van der Waals surface area contributed by atoms with E-state index in [0.29, 0.717) is 6.04 Å². The Morgan fingerprint density at radius 3 is 2.88 bits per heavy atom. The fourth-order valence-electron chi connectivity index (χ4n) is 3.78. The van der Waals surface area contributed by atoms with Gasteiger partial charge in [0.1, 0.15) is 5.01 Å². The quantitative estimate of drug-likeness (QED) is 0.909. The van der Waals surface area contributed by atoms with Gasteiger partial charge in [-0.25, -0.2) is 9.78 Å². The Labute approximate surface area is 146 Å². The molecule has 2 aliphatic heterocycles. The summed E-state index contributed by atoms with van der Waals surface area (Å²) in [4.78, 5) is 19.1. The number of carbonyl (C=O) groups is 1. The van der Waals surface area contributed by atoms with Crippen molar-refractivity contribution in [2.75, 3.05) is 0 Å². The van der Waals surface area contributed by atoms with Crippen LogP contribution in [0.25, 0.3) is 5.57 Å². The standard InChI is InChI=1S/C19H21N3OS/c1-13(18-20-9-10-24-18)21-19(23)22-16-7-8-17(22)12-15(11-16)14-5-3-2-4-6-14/h2-6,9-11,13,16-17H,7-8,12H2,1H3,(H,21,23)/t13-,16+,17+/m0/s1. The van der Waals surface area contributed by atoms with Crippen LogP contribution in [0.3, 0.4) is 0 Å². The van der Waals surface area contributed by atoms with E-state index in [1.807, 2.05) is 23.3 Å². The molecule has 0 saturated carbocycles. The van der Waals surface area contributed by atoms with E-state index < -0.39 is 0 Å². The third kappa shape index (κ3) is 2.84. The number of hydrogen-bond donors (Lipinski definition) is 1. The molecule has 2 bridgehead atoms. The highest BCUT2D eigenvalue weighted by Gasteiger charge is 2.40. The van der Waals surface area contributed by atoms with Crippen LogP contribution in [0.15, 0.2) is 48.0 Å². The van der Waals surface area contributed by atoms with Gasteiger partial charge in [0.15, 0.2) is 0 Å². The van der Waals surface area contributed by atoms with Crippen LogP contribution in [0.2, 0.25) is 0 Å². The highest BCUT2D eigenvalue weighted by molar-refractivity contribution is 7.09. The molecule has 1 N–H and O–H groups in total. The van der Waals surface area contributed by atoms with Crippen molar-refractivity contribution in [3.63, 3.8) is 0 Å². The lowest BCUT2D eigenvalue weighted by molar-refractivity contribution is 0.176. The summed E-state index contributed by atoms with van der Waals surface area (Å²) < 4.78 is 0. The normalized spacial score (nSPS) is 23.7. The van der Waals surface area contributed by atoms with Crippen molar-refractivity contribution < 1.29 is 4.79 Å². The molecular formula is C19H21N3OS. The van der Waals surface area contributed by atoms with Crippen LogP contribution in [-0.2, 0) is 0 Å². The third-order valence-electron chi connectivity index (χ3n) is 4.94. The van der Waals surface area contributed by atoms with Crippen molar-refractivity contribution in [2.45, 2.75) is 44.3 Å². The first-order chi connectivity index (χ1) is 11.7. The summed E-state index contributed by atoms with van der Waals surface area (Å²) in [6.45, 7) is 1.99. The number of hydrogen-bond acceptors (Lipinski definition) is 3. The summed E-state index contributed by atoms with van der Waals surface area (Å²) in [5.41, 5.74) is 2.66. The minimum Gasteiger partial charge on any atom is -0.329 e. The van der Waals surface area contributed by atoms with Crippen molar-refractivity contribution in [1.29, 1.82) is 0 Å². The Hall–Kier alpha value is -2.14. The van der Waals surface area contributed by atoms with Crippen LogP contribution < -0.4 is 5.32 Å². The van der Waals surface area contributed by atoms with Gasteiger partial charge in [0.05, 0.1) is 12.1 Å². The van der Waals surface area contributed by atoms with Crippen molar-refractivity contribution >= 4 is 22.9 Å². The van der Waals surface area contributed by atoms with Crippen LogP contribution in [0, 0.1) is 0 Å². The lowest BCUT2D eigenvalue weighted by atomic mass is 9.95. The second-order valence-electron chi connectivity index (χ2n) is 6.51. The van der Waals surface area contributed by atoms with Crippen molar-refractivity contribution in [3.05, 3.63) is 58.6 Å². The molecule has 1 fully saturated rings. The molecule has 4 rings (SSSR count). The van der Waals surface area contributed by atoms with E-state index in [2.05, 4.69) is 40.6 Å². The number of amides is 2. The lowest BCUT2D eigenvalue weighted by Crippen LogP contribution is -2.48. The highest BCUT2D eigenvalue weighted by Crippen LogP contribution is 2.38. The van der Waals surface area contributed by atoms with E-state index in [4.69, 9.17) is 0 Å². The number of rotatable bonds is 3. The van der Waals surface area contributed by atoms with Crippen LogP contribution in [0.1, 0.15) is 42.8 Å². The number of thiazole rings is 1. The molecular weight excluding hydrogens is 318 g/mol. The van der Waals surface area contributed by atoms with Gasteiger partial charge in [-0.1, -0.05) is 36.4 Å². The number of urea groups is 1. The van der Waals surface area contributed by atoms with Gasteiger partial charge >= 0.3 is 6.03 Å². The molecule has 0 spiro atoms. The summed E-state index contributed by atoms with van der Waals surface area (Å²) >= 11 is 1.58. The Kier molecular flexibility index (Phi) is 4.10. The Bertz CT molecular complexity index is 741. The van der Waals surface area contributed by atoms with Gasteiger partial charge in [-0.2, -0.15) is 0 Å². The second-order valence-corrected chi connectivity index (χ2v) is 7.44. The Morgan fingerprint density at radius 2 is 2.17 bits per heavy atom. The Balaban J connectivity index is 1.49. The first kappa shape index (κ1) is 15.4. The van der Waals surface area contributed by atoms with Crippen LogP contribution in [-0.4, -0.2) is 28.0 Å². The largest absolute Gasteiger partial charge is 0.329 e. The first-order valence-electron chi connectivity index (χ1n) is 8.46. The number of fused-ring (bicyclic) bond motifs is 2. The number of nitrogens with zero attached hydrogens (tertiary/aromatic N) is 2. The topological polar surface area (TPSA) is 45.2 Å². The molecule has 1 aromatic carbocycles. The molecule has 2 aliphatic rings. The van der Waals surface area contributed by atoms with E-state index in [9.17, 15) is 4.79 Å². The van der Waals surface area contributed by atoms with Crippen LogP contribution in [0.5, 0.6) is 0 Å². The SMILES string of the molecule is C[C@H](NC(=O)N1[C@@H]2CC[C@@H]1C=C(c1ccccc1)C2)c1nccs1. The zero-order chi connectivity index (χ0) is 16.5. The molecule has 4 nitrogen and oxygen atoms in total. The van der Waals surface area contributed by atoms with E-state index in [1.165, 1.54) is 11.1 Å². The fourth-order valence-corrected chi connectivity index (χ4v) is 4.43. The highest BCUT2D eigenvalue weighted by atomic mass is 32.1. The minimum absolute atomic E-state index is 0.0357. The fraction of sp³-hybridized carbons (Fsp3) is 0.368. The van der Waals surface area contributed by atoms with Crippen molar-refractivity contribution in [3.8, 4) is 0 Å². The van der Waals surface area contributed by atoms with Gasteiger partial charge in [-0.05, 0) is 37.3 Å². The van der Waals surface area contributed by atoms with Gasteiger partial charge in [-0.15, -0.1) is 11.3 Å². The lowest BCUT2D eigenvalue weighted by Gasteiger charge is -2.35. The summed E-state index contributed by atoms with van der Waals surface area (Å²) in [5.74, 6) is 0. The van der Waals surface area contributed by atoms with E-state index in [0.717, 1.165) is 24.3 Å². The predicted molar refractivity (Wildman–Crippen MR) is 96.7 cm³/mol. The minimum atomic E-state index is -0.0450. The van der Waals surface area contributed by atoms with Gasteiger partial charge in [0.25, 0.3) is 0 Å². The Morgan fingerprint density at radius 1 is 1.33 bits per heavy atom. The third-order valence-corrected chi connectivity index (χ3v) is 5.89. The number of nitrogens with one attached hydrogen (secondary N) is 1. The molecule has 0 unspecified atom stereocenters. The molecule has 0 radical (unpaired) electrons. The van der Waals surface area contributed by atoms with E-state index in [1.54, 1.807) is 17.5 Å². The maximum absolute atomic E-state index is 12.8. The molecule has 3 heterocycles. The molecule has 24 heavy (non-hydrogen) atoms. The molecule has 2 amide bonds. The number of benzene rings is 1. The van der Waals surface area contributed by atoms with Crippen LogP contribution >= 0.6 is 11.3 Å². The van der Waals surface area contributed by atoms with Crippen molar-refractivity contribution in [1.82, 2.24) is 15.2 Å². The van der Waals surface area contributed by atoms with Crippen molar-refractivity contribution in [2.24, 2.45) is 0 Å². The molecule has 5 heteroatoms. The molecule has 124 valence electrons. The smallest absolute Gasteiger partial charge is 0.318 e. The summed E-state index contributed by atoms with van der Waals surface area (Å²) in [6.07, 6.45) is 7.14. The molecule has 2 aromatic rings. The molecule has 0 aliphatic carbocycles. The summed E-state index contributed by atoms with van der Waals surface area (Å²) in [5, 5.41) is 6.01. The summed E-state index contributed by atoms with van der Waals surface area (Å²) in [7, 11) is 0. The van der Waals surface area contributed by atoms with Gasteiger partial charge in [0, 0.05) is 17.6 Å². The maximum atomic E-state index is 12.8. The average Bonchev–Trinajstić information content (AvgIpc) is 3.22.